The van der Waals surface area contributed by atoms with E-state index in [0.29, 0.717) is 5.75 Å². The summed E-state index contributed by atoms with van der Waals surface area (Å²) in [6, 6.07) is 3.71. The smallest absolute Gasteiger partial charge is 0.331 e. The van der Waals surface area contributed by atoms with Gasteiger partial charge in [0.05, 0.1) is 8.95 Å². The fourth-order valence-electron chi connectivity index (χ4n) is 1.00. The monoisotopic (exact) mass is 426 g/mol. The van der Waals surface area contributed by atoms with E-state index < -0.39 is 5.97 Å². The van der Waals surface area contributed by atoms with Gasteiger partial charge in [-0.1, -0.05) is 15.9 Å². The number of carboxylic acid groups (broad SMARTS) is 1. The molecule has 0 heterocycles. The van der Waals surface area contributed by atoms with Crippen molar-refractivity contribution in [3.05, 3.63) is 37.2 Å². The highest BCUT2D eigenvalue weighted by Crippen LogP contribution is 2.36. The molecule has 6 heteroatoms. The second-order valence-electron chi connectivity index (χ2n) is 3.20. The number of benzene rings is 1. The molecule has 0 aliphatic carbocycles. The molecule has 0 atom stereocenters. The summed E-state index contributed by atoms with van der Waals surface area (Å²) in [7, 11) is 0. The molecular formula is C11H9Br3O3. The molecule has 17 heavy (non-hydrogen) atoms. The molecule has 3 nitrogen and oxygen atoms in total. The van der Waals surface area contributed by atoms with Crippen LogP contribution in [-0.2, 0) is 4.79 Å². The quantitative estimate of drug-likeness (QED) is 0.724. The van der Waals surface area contributed by atoms with Crippen molar-refractivity contribution in [2.75, 3.05) is 6.61 Å². The molecule has 0 saturated carbocycles. The minimum Gasteiger partial charge on any atom is -0.487 e. The standard InChI is InChI=1S/C11H9Br3O3/c1-6(11(15)16)2-3-17-10-8(13)4-7(12)5-9(10)14/h2,4-5H,3H2,1H3,(H,15,16). The summed E-state index contributed by atoms with van der Waals surface area (Å²) in [5.74, 6) is -0.301. The largest absolute Gasteiger partial charge is 0.487 e. The van der Waals surface area contributed by atoms with Crippen LogP contribution in [0.5, 0.6) is 5.75 Å². The third kappa shape index (κ3) is 4.44. The van der Waals surface area contributed by atoms with E-state index in [0.717, 1.165) is 13.4 Å². The van der Waals surface area contributed by atoms with Crippen molar-refractivity contribution in [2.24, 2.45) is 0 Å². The summed E-state index contributed by atoms with van der Waals surface area (Å²) in [5, 5.41) is 8.68. The van der Waals surface area contributed by atoms with E-state index in [1.165, 1.54) is 13.0 Å². The molecule has 0 amide bonds. The summed E-state index contributed by atoms with van der Waals surface area (Å²) in [6.07, 6.45) is 1.52. The summed E-state index contributed by atoms with van der Waals surface area (Å²) in [6.45, 7) is 1.73. The number of rotatable bonds is 4. The summed E-state index contributed by atoms with van der Waals surface area (Å²) in [4.78, 5) is 10.6. The van der Waals surface area contributed by atoms with E-state index in [-0.39, 0.29) is 12.2 Å². The van der Waals surface area contributed by atoms with Gasteiger partial charge < -0.3 is 9.84 Å². The highest BCUT2D eigenvalue weighted by molar-refractivity contribution is 9.11. The van der Waals surface area contributed by atoms with Gasteiger partial charge in [-0.15, -0.1) is 0 Å². The number of ether oxygens (including phenoxy) is 1. The van der Waals surface area contributed by atoms with Gasteiger partial charge in [0.15, 0.2) is 0 Å². The minimum absolute atomic E-state index is 0.205. The van der Waals surface area contributed by atoms with E-state index in [9.17, 15) is 4.79 Å². The zero-order chi connectivity index (χ0) is 13.0. The topological polar surface area (TPSA) is 46.5 Å². The zero-order valence-corrected chi connectivity index (χ0v) is 13.6. The lowest BCUT2D eigenvalue weighted by atomic mass is 10.3. The van der Waals surface area contributed by atoms with Crippen molar-refractivity contribution in [2.45, 2.75) is 6.92 Å². The third-order valence-corrected chi connectivity index (χ3v) is 3.55. The maximum absolute atomic E-state index is 10.6. The van der Waals surface area contributed by atoms with Crippen molar-refractivity contribution in [1.82, 2.24) is 0 Å². The SMILES string of the molecule is CC(=CCOc1c(Br)cc(Br)cc1Br)C(=O)O. The Labute approximate surface area is 124 Å². The molecule has 0 fully saturated rings. The van der Waals surface area contributed by atoms with Crippen LogP contribution in [0.4, 0.5) is 0 Å². The van der Waals surface area contributed by atoms with Crippen LogP contribution in [0.2, 0.25) is 0 Å². The van der Waals surface area contributed by atoms with Gasteiger partial charge >= 0.3 is 5.97 Å². The molecular weight excluding hydrogens is 420 g/mol. The van der Waals surface area contributed by atoms with E-state index >= 15 is 0 Å². The number of halogens is 3. The van der Waals surface area contributed by atoms with Crippen LogP contribution in [0.25, 0.3) is 0 Å². The first-order valence-electron chi connectivity index (χ1n) is 4.59. The van der Waals surface area contributed by atoms with Gasteiger partial charge in [0.2, 0.25) is 0 Å². The van der Waals surface area contributed by atoms with Crippen molar-refractivity contribution < 1.29 is 14.6 Å². The van der Waals surface area contributed by atoms with Gasteiger partial charge in [0.25, 0.3) is 0 Å². The first-order valence-corrected chi connectivity index (χ1v) is 6.97. The lowest BCUT2D eigenvalue weighted by Gasteiger charge is -2.09. The zero-order valence-electron chi connectivity index (χ0n) is 8.84. The number of aliphatic carboxylic acids is 1. The molecule has 0 bridgehead atoms. The Hall–Kier alpha value is -0.330. The summed E-state index contributed by atoms with van der Waals surface area (Å²) >= 11 is 10.1. The number of carboxylic acids is 1. The van der Waals surface area contributed by atoms with Crippen molar-refractivity contribution in [1.29, 1.82) is 0 Å². The van der Waals surface area contributed by atoms with E-state index in [1.807, 2.05) is 12.1 Å². The lowest BCUT2D eigenvalue weighted by Crippen LogP contribution is -2.01. The maximum atomic E-state index is 10.6. The Kier molecular flexibility index (Phi) is 5.69. The van der Waals surface area contributed by atoms with Gasteiger partial charge in [0, 0.05) is 10.0 Å². The van der Waals surface area contributed by atoms with Crippen LogP contribution in [0.15, 0.2) is 37.2 Å². The molecule has 1 N–H and O–H groups in total. The van der Waals surface area contributed by atoms with E-state index in [4.69, 9.17) is 9.84 Å². The average Bonchev–Trinajstić information content (AvgIpc) is 2.21. The van der Waals surface area contributed by atoms with E-state index in [1.54, 1.807) is 0 Å². The molecule has 0 aliphatic rings. The second kappa shape index (κ2) is 6.56. The van der Waals surface area contributed by atoms with Gasteiger partial charge in [-0.25, -0.2) is 4.79 Å². The molecule has 0 aliphatic heterocycles. The Morgan fingerprint density at radius 3 is 2.35 bits per heavy atom. The molecule has 0 spiro atoms. The molecule has 0 unspecified atom stereocenters. The van der Waals surface area contributed by atoms with Crippen LogP contribution < -0.4 is 4.74 Å². The van der Waals surface area contributed by atoms with Crippen LogP contribution in [0, 0.1) is 0 Å². The summed E-state index contributed by atoms with van der Waals surface area (Å²) in [5.41, 5.74) is 0.259. The fraction of sp³-hybridized carbons (Fsp3) is 0.182. The van der Waals surface area contributed by atoms with Crippen LogP contribution in [-0.4, -0.2) is 17.7 Å². The number of carbonyl (C=O) groups is 1. The average molecular weight is 429 g/mol. The van der Waals surface area contributed by atoms with Crippen molar-refractivity contribution in [3.8, 4) is 5.75 Å². The third-order valence-electron chi connectivity index (χ3n) is 1.92. The molecule has 0 saturated heterocycles. The Morgan fingerprint density at radius 2 is 1.88 bits per heavy atom. The maximum Gasteiger partial charge on any atom is 0.331 e. The van der Waals surface area contributed by atoms with Gasteiger partial charge in [-0.05, 0) is 57.0 Å². The van der Waals surface area contributed by atoms with Crippen molar-refractivity contribution >= 4 is 53.8 Å². The Balaban J connectivity index is 2.77. The van der Waals surface area contributed by atoms with Gasteiger partial charge in [-0.2, -0.15) is 0 Å². The fourth-order valence-corrected chi connectivity index (χ4v) is 3.49. The number of hydrogen-bond acceptors (Lipinski definition) is 2. The lowest BCUT2D eigenvalue weighted by molar-refractivity contribution is -0.132. The molecule has 92 valence electrons. The van der Waals surface area contributed by atoms with Crippen LogP contribution in [0.3, 0.4) is 0 Å². The predicted molar refractivity (Wildman–Crippen MR) is 76.4 cm³/mol. The first kappa shape index (κ1) is 14.7. The highest BCUT2D eigenvalue weighted by Gasteiger charge is 2.08. The predicted octanol–water partition coefficient (Wildman–Crippen LogP) is 4.38. The van der Waals surface area contributed by atoms with Gasteiger partial charge in [-0.3, -0.25) is 0 Å². The molecule has 0 radical (unpaired) electrons. The minimum atomic E-state index is -0.942. The van der Waals surface area contributed by atoms with Crippen LogP contribution >= 0.6 is 47.8 Å². The molecule has 1 rings (SSSR count). The normalized spacial score (nSPS) is 11.4. The van der Waals surface area contributed by atoms with Gasteiger partial charge in [0.1, 0.15) is 12.4 Å². The summed E-state index contributed by atoms with van der Waals surface area (Å²) < 4.78 is 7.99. The molecule has 1 aromatic rings. The highest BCUT2D eigenvalue weighted by atomic mass is 79.9. The Morgan fingerprint density at radius 1 is 1.35 bits per heavy atom. The van der Waals surface area contributed by atoms with Crippen molar-refractivity contribution in [3.63, 3.8) is 0 Å². The van der Waals surface area contributed by atoms with Crippen LogP contribution in [0.1, 0.15) is 6.92 Å². The number of hydrogen-bond donors (Lipinski definition) is 1. The Bertz CT molecular complexity index is 446. The first-order chi connectivity index (χ1) is 7.91. The van der Waals surface area contributed by atoms with E-state index in [2.05, 4.69) is 47.8 Å². The molecule has 1 aromatic carbocycles. The second-order valence-corrected chi connectivity index (χ2v) is 5.83. The molecule has 0 aromatic heterocycles.